The number of nitrogens with zero attached hydrogens (tertiary/aromatic N) is 1. The average molecular weight is 563 g/mol. The van der Waals surface area contributed by atoms with Crippen LogP contribution in [0, 0.1) is 3.57 Å². The molecule has 0 bridgehead atoms. The molecule has 7 heteroatoms. The third-order valence-electron chi connectivity index (χ3n) is 4.94. The molecule has 0 aromatic heterocycles. The predicted molar refractivity (Wildman–Crippen MR) is 135 cm³/mol. The molecule has 0 saturated carbocycles. The van der Waals surface area contributed by atoms with Crippen LogP contribution in [0.3, 0.4) is 0 Å². The highest BCUT2D eigenvalue weighted by Gasteiger charge is 2.30. The van der Waals surface area contributed by atoms with Crippen molar-refractivity contribution in [2.45, 2.75) is 19.0 Å². The van der Waals surface area contributed by atoms with E-state index in [1.165, 1.54) is 0 Å². The lowest BCUT2D eigenvalue weighted by Gasteiger charge is -2.31. The van der Waals surface area contributed by atoms with Crippen molar-refractivity contribution < 1.29 is 14.3 Å². The summed E-state index contributed by atoms with van der Waals surface area (Å²) in [6.45, 7) is 0.0593. The van der Waals surface area contributed by atoms with E-state index in [4.69, 9.17) is 16.3 Å². The molecule has 0 aliphatic heterocycles. The molecule has 0 spiro atoms. The van der Waals surface area contributed by atoms with E-state index < -0.39 is 6.04 Å². The van der Waals surface area contributed by atoms with Crippen molar-refractivity contribution in [3.05, 3.63) is 98.6 Å². The van der Waals surface area contributed by atoms with Crippen LogP contribution in [0.5, 0.6) is 5.75 Å². The van der Waals surface area contributed by atoms with E-state index in [1.54, 1.807) is 24.1 Å². The summed E-state index contributed by atoms with van der Waals surface area (Å²) in [6.07, 6.45) is 0.385. The molecule has 1 unspecified atom stereocenters. The summed E-state index contributed by atoms with van der Waals surface area (Å²) in [5.74, 6) is 0.0765. The number of carbonyl (C=O) groups excluding carboxylic acids is 2. The minimum absolute atomic E-state index is 0.177. The summed E-state index contributed by atoms with van der Waals surface area (Å²) in [7, 11) is 1.57. The highest BCUT2D eigenvalue weighted by atomic mass is 127. The smallest absolute Gasteiger partial charge is 0.261 e. The SMILES string of the molecule is CNC(=O)C(Cc1ccccc1)N(Cc1cccc(Cl)c1)C(=O)COc1ccc(I)cc1. The Labute approximate surface area is 206 Å². The summed E-state index contributed by atoms with van der Waals surface area (Å²) in [4.78, 5) is 27.7. The van der Waals surface area contributed by atoms with Crippen molar-refractivity contribution in [2.24, 2.45) is 0 Å². The van der Waals surface area contributed by atoms with Gasteiger partial charge in [0.25, 0.3) is 5.91 Å². The fourth-order valence-corrected chi connectivity index (χ4v) is 3.88. The van der Waals surface area contributed by atoms with Crippen molar-refractivity contribution in [1.29, 1.82) is 0 Å². The third-order valence-corrected chi connectivity index (χ3v) is 5.89. The second-order valence-corrected chi connectivity index (χ2v) is 8.90. The normalized spacial score (nSPS) is 11.5. The van der Waals surface area contributed by atoms with Gasteiger partial charge in [-0.3, -0.25) is 9.59 Å². The molecule has 3 aromatic carbocycles. The summed E-state index contributed by atoms with van der Waals surface area (Å²) in [5, 5.41) is 3.27. The minimum atomic E-state index is -0.700. The number of likely N-dealkylation sites (N-methyl/N-ethyl adjacent to an activating group) is 1. The van der Waals surface area contributed by atoms with Crippen molar-refractivity contribution in [3.8, 4) is 5.75 Å². The molecule has 166 valence electrons. The standard InChI is InChI=1S/C25H24ClIN2O3/c1-28-25(31)23(15-18-6-3-2-4-7-18)29(16-19-8-5-9-20(26)14-19)24(30)17-32-22-12-10-21(27)11-13-22/h2-14,23H,15-17H2,1H3,(H,28,31). The van der Waals surface area contributed by atoms with Gasteiger partial charge in [-0.2, -0.15) is 0 Å². The van der Waals surface area contributed by atoms with E-state index in [-0.39, 0.29) is 25.0 Å². The fourth-order valence-electron chi connectivity index (χ4n) is 3.31. The molecular formula is C25H24ClIN2O3. The first-order chi connectivity index (χ1) is 15.5. The molecular weight excluding hydrogens is 539 g/mol. The summed E-state index contributed by atoms with van der Waals surface area (Å²) in [6, 6.07) is 23.7. The molecule has 0 saturated heterocycles. The van der Waals surface area contributed by atoms with E-state index in [0.717, 1.165) is 14.7 Å². The van der Waals surface area contributed by atoms with Crippen molar-refractivity contribution in [2.75, 3.05) is 13.7 Å². The number of carbonyl (C=O) groups is 2. The second kappa shape index (κ2) is 11.9. The van der Waals surface area contributed by atoms with Crippen LogP contribution in [0.25, 0.3) is 0 Å². The molecule has 0 heterocycles. The zero-order valence-electron chi connectivity index (χ0n) is 17.6. The third kappa shape index (κ3) is 6.97. The first-order valence-corrected chi connectivity index (χ1v) is 11.6. The molecule has 3 aromatic rings. The second-order valence-electron chi connectivity index (χ2n) is 7.21. The Balaban J connectivity index is 1.86. The Morgan fingerprint density at radius 1 is 1.00 bits per heavy atom. The van der Waals surface area contributed by atoms with E-state index in [9.17, 15) is 9.59 Å². The van der Waals surface area contributed by atoms with E-state index >= 15 is 0 Å². The van der Waals surface area contributed by atoms with Crippen molar-refractivity contribution in [1.82, 2.24) is 10.2 Å². The van der Waals surface area contributed by atoms with Gasteiger partial charge in [-0.25, -0.2) is 0 Å². The Morgan fingerprint density at radius 2 is 1.69 bits per heavy atom. The zero-order valence-corrected chi connectivity index (χ0v) is 20.5. The van der Waals surface area contributed by atoms with Gasteiger partial charge in [-0.1, -0.05) is 54.1 Å². The van der Waals surface area contributed by atoms with E-state index in [0.29, 0.717) is 17.2 Å². The molecule has 1 atom stereocenters. The lowest BCUT2D eigenvalue weighted by molar-refractivity contribution is -0.142. The maximum atomic E-state index is 13.3. The number of hydrogen-bond acceptors (Lipinski definition) is 3. The maximum Gasteiger partial charge on any atom is 0.261 e. The first kappa shape index (κ1) is 24.1. The van der Waals surface area contributed by atoms with E-state index in [2.05, 4.69) is 27.9 Å². The van der Waals surface area contributed by atoms with Gasteiger partial charge in [0, 0.05) is 28.6 Å². The van der Waals surface area contributed by atoms with Crippen LogP contribution in [0.1, 0.15) is 11.1 Å². The first-order valence-electron chi connectivity index (χ1n) is 10.1. The van der Waals surface area contributed by atoms with Gasteiger partial charge in [0.1, 0.15) is 11.8 Å². The van der Waals surface area contributed by atoms with Crippen LogP contribution in [0.2, 0.25) is 5.02 Å². The highest BCUT2D eigenvalue weighted by molar-refractivity contribution is 14.1. The molecule has 0 radical (unpaired) electrons. The topological polar surface area (TPSA) is 58.6 Å². The van der Waals surface area contributed by atoms with Crippen molar-refractivity contribution in [3.63, 3.8) is 0 Å². The van der Waals surface area contributed by atoms with Gasteiger partial charge >= 0.3 is 0 Å². The Kier molecular flexibility index (Phi) is 8.93. The molecule has 2 amide bonds. The van der Waals surface area contributed by atoms with Gasteiger partial charge < -0.3 is 15.0 Å². The largest absolute Gasteiger partial charge is 0.484 e. The number of amides is 2. The summed E-state index contributed by atoms with van der Waals surface area (Å²) in [5.41, 5.74) is 1.80. The number of hydrogen-bond donors (Lipinski definition) is 1. The molecule has 1 N–H and O–H groups in total. The van der Waals surface area contributed by atoms with Crippen LogP contribution >= 0.6 is 34.2 Å². The van der Waals surface area contributed by atoms with Gasteiger partial charge in [0.2, 0.25) is 5.91 Å². The van der Waals surface area contributed by atoms with Gasteiger partial charge in [-0.15, -0.1) is 0 Å². The summed E-state index contributed by atoms with van der Waals surface area (Å²) >= 11 is 8.36. The average Bonchev–Trinajstić information content (AvgIpc) is 2.81. The van der Waals surface area contributed by atoms with Crippen LogP contribution < -0.4 is 10.1 Å². The van der Waals surface area contributed by atoms with E-state index in [1.807, 2.05) is 66.7 Å². The molecule has 0 fully saturated rings. The summed E-state index contributed by atoms with van der Waals surface area (Å²) < 4.78 is 6.80. The van der Waals surface area contributed by atoms with Crippen LogP contribution in [0.15, 0.2) is 78.9 Å². The van der Waals surface area contributed by atoms with Gasteiger partial charge in [-0.05, 0) is 70.1 Å². The number of rotatable bonds is 9. The fraction of sp³-hybridized carbons (Fsp3) is 0.200. The predicted octanol–water partition coefficient (Wildman–Crippen LogP) is 4.71. The maximum absolute atomic E-state index is 13.3. The lowest BCUT2D eigenvalue weighted by atomic mass is 10.0. The Bertz CT molecular complexity index is 1040. The van der Waals surface area contributed by atoms with Gasteiger partial charge in [0.05, 0.1) is 0 Å². The van der Waals surface area contributed by atoms with Crippen molar-refractivity contribution >= 4 is 46.0 Å². The zero-order chi connectivity index (χ0) is 22.9. The quantitative estimate of drug-likeness (QED) is 0.385. The molecule has 5 nitrogen and oxygen atoms in total. The van der Waals surface area contributed by atoms with Crippen LogP contribution in [-0.2, 0) is 22.6 Å². The Hall–Kier alpha value is -2.58. The number of nitrogens with one attached hydrogen (secondary N) is 1. The number of ether oxygens (including phenoxy) is 1. The minimum Gasteiger partial charge on any atom is -0.484 e. The Morgan fingerprint density at radius 3 is 2.34 bits per heavy atom. The number of benzene rings is 3. The molecule has 0 aliphatic rings. The number of halogens is 2. The van der Waals surface area contributed by atoms with Crippen LogP contribution in [0.4, 0.5) is 0 Å². The van der Waals surface area contributed by atoms with Crippen LogP contribution in [-0.4, -0.2) is 36.4 Å². The van der Waals surface area contributed by atoms with Gasteiger partial charge in [0.15, 0.2) is 6.61 Å². The lowest BCUT2D eigenvalue weighted by Crippen LogP contribution is -2.51. The monoisotopic (exact) mass is 562 g/mol. The molecule has 0 aliphatic carbocycles. The molecule has 32 heavy (non-hydrogen) atoms. The molecule has 3 rings (SSSR count). The highest BCUT2D eigenvalue weighted by Crippen LogP contribution is 2.19.